The normalized spacial score (nSPS) is 27.7. The van der Waals surface area contributed by atoms with Crippen LogP contribution in [0.4, 0.5) is 10.1 Å². The quantitative estimate of drug-likeness (QED) is 0.812. The van der Waals surface area contributed by atoms with Gasteiger partial charge in [0.15, 0.2) is 15.0 Å². The van der Waals surface area contributed by atoms with Gasteiger partial charge in [-0.2, -0.15) is 4.99 Å². The Morgan fingerprint density at radius 1 is 1.35 bits per heavy atom. The first-order valence-electron chi connectivity index (χ1n) is 7.32. The maximum absolute atomic E-state index is 14.2. The van der Waals surface area contributed by atoms with Crippen LogP contribution in [0.25, 0.3) is 0 Å². The number of thioether (sulfide) groups is 1. The van der Waals surface area contributed by atoms with Crippen LogP contribution in [0.1, 0.15) is 13.8 Å². The van der Waals surface area contributed by atoms with Gasteiger partial charge in [0.2, 0.25) is 0 Å². The molecule has 8 heteroatoms. The lowest BCUT2D eigenvalue weighted by Gasteiger charge is -2.24. The Bertz CT molecular complexity index is 777. The molecule has 5 nitrogen and oxygen atoms in total. The van der Waals surface area contributed by atoms with Gasteiger partial charge in [0.05, 0.1) is 23.2 Å². The monoisotopic (exact) mass is 356 g/mol. The van der Waals surface area contributed by atoms with Crippen LogP contribution in [0.5, 0.6) is 0 Å². The zero-order valence-corrected chi connectivity index (χ0v) is 14.4. The van der Waals surface area contributed by atoms with Crippen LogP contribution in [0.3, 0.4) is 0 Å². The summed E-state index contributed by atoms with van der Waals surface area (Å²) in [5.74, 6) is -1.04. The summed E-state index contributed by atoms with van der Waals surface area (Å²) < 4.78 is 38.0. The molecule has 2 aliphatic rings. The zero-order chi connectivity index (χ0) is 16.8. The van der Waals surface area contributed by atoms with E-state index in [2.05, 4.69) is 4.99 Å². The smallest absolute Gasteiger partial charge is 0.250 e. The molecule has 0 saturated carbocycles. The van der Waals surface area contributed by atoms with Crippen LogP contribution >= 0.6 is 11.8 Å². The Kier molecular flexibility index (Phi) is 4.22. The Hall–Kier alpha value is -1.41. The van der Waals surface area contributed by atoms with E-state index in [9.17, 15) is 17.6 Å². The molecule has 1 aromatic rings. The maximum Gasteiger partial charge on any atom is 0.250 e. The van der Waals surface area contributed by atoms with Crippen molar-refractivity contribution in [1.29, 1.82) is 0 Å². The molecule has 0 spiro atoms. The van der Waals surface area contributed by atoms with Gasteiger partial charge < -0.3 is 4.90 Å². The molecule has 23 heavy (non-hydrogen) atoms. The number of rotatable bonds is 2. The summed E-state index contributed by atoms with van der Waals surface area (Å²) in [4.78, 5) is 17.7. The number of benzene rings is 1. The van der Waals surface area contributed by atoms with Gasteiger partial charge in [-0.1, -0.05) is 37.7 Å². The van der Waals surface area contributed by atoms with Gasteiger partial charge in [-0.05, 0) is 12.1 Å². The summed E-state index contributed by atoms with van der Waals surface area (Å²) >= 11 is 1.25. The average Bonchev–Trinajstić information content (AvgIpc) is 2.91. The topological polar surface area (TPSA) is 66.8 Å². The summed E-state index contributed by atoms with van der Waals surface area (Å²) in [6.45, 7) is 3.48. The van der Waals surface area contributed by atoms with Crippen LogP contribution in [0, 0.1) is 11.7 Å². The number of sulfone groups is 1. The number of halogens is 1. The van der Waals surface area contributed by atoms with Crippen molar-refractivity contribution in [2.24, 2.45) is 10.9 Å². The number of amidine groups is 1. The number of hydrogen-bond acceptors (Lipinski definition) is 4. The van der Waals surface area contributed by atoms with Crippen molar-refractivity contribution in [1.82, 2.24) is 0 Å². The largest absolute Gasteiger partial charge is 0.313 e. The van der Waals surface area contributed by atoms with Gasteiger partial charge in [-0.3, -0.25) is 4.79 Å². The standard InChI is InChI=1S/C15H17FN2O3S2/c1-9(2)14(19)17-15-18(11-6-4-3-5-10(11)16)12-7-23(20,21)8-13(12)22-15/h3-6,9,12-13H,7-8H2,1-2H3/t12-,13+/m0/s1. The van der Waals surface area contributed by atoms with E-state index in [1.54, 1.807) is 36.9 Å². The predicted octanol–water partition coefficient (Wildman–Crippen LogP) is 2.08. The highest BCUT2D eigenvalue weighted by Gasteiger charge is 2.49. The fraction of sp³-hybridized carbons (Fsp3) is 0.467. The molecule has 0 unspecified atom stereocenters. The zero-order valence-electron chi connectivity index (χ0n) is 12.8. The summed E-state index contributed by atoms with van der Waals surface area (Å²) in [7, 11) is -3.15. The highest BCUT2D eigenvalue weighted by Crippen LogP contribution is 2.41. The van der Waals surface area contributed by atoms with Gasteiger partial charge in [0, 0.05) is 11.2 Å². The van der Waals surface area contributed by atoms with Crippen molar-refractivity contribution in [3.8, 4) is 0 Å². The second kappa shape index (κ2) is 5.90. The molecule has 2 heterocycles. The number of hydrogen-bond donors (Lipinski definition) is 0. The molecule has 0 bridgehead atoms. The Labute approximate surface area is 138 Å². The Morgan fingerprint density at radius 2 is 2.04 bits per heavy atom. The van der Waals surface area contributed by atoms with Crippen molar-refractivity contribution in [2.75, 3.05) is 16.4 Å². The van der Waals surface area contributed by atoms with Gasteiger partial charge in [-0.25, -0.2) is 12.8 Å². The number of fused-ring (bicyclic) bond motifs is 1. The number of carbonyl (C=O) groups excluding carboxylic acids is 1. The Balaban J connectivity index is 2.05. The number of nitrogens with zero attached hydrogens (tertiary/aromatic N) is 2. The number of aliphatic imine (C=N–C) groups is 1. The van der Waals surface area contributed by atoms with Crippen LogP contribution in [-0.2, 0) is 14.6 Å². The first-order chi connectivity index (χ1) is 10.8. The second-order valence-corrected chi connectivity index (χ2v) is 9.37. The number of anilines is 1. The third-order valence-electron chi connectivity index (χ3n) is 3.88. The lowest BCUT2D eigenvalue weighted by atomic mass is 10.2. The van der Waals surface area contributed by atoms with Gasteiger partial charge in [-0.15, -0.1) is 0 Å². The molecule has 2 fully saturated rings. The summed E-state index contributed by atoms with van der Waals surface area (Å²) in [6.07, 6.45) is 0. The molecule has 2 saturated heterocycles. The average molecular weight is 356 g/mol. The summed E-state index contributed by atoms with van der Waals surface area (Å²) in [5.41, 5.74) is 0.264. The Morgan fingerprint density at radius 3 is 2.70 bits per heavy atom. The van der Waals surface area contributed by atoms with Gasteiger partial charge in [0.1, 0.15) is 5.82 Å². The summed E-state index contributed by atoms with van der Waals surface area (Å²) in [5, 5.41) is 0.164. The molecule has 0 aliphatic carbocycles. The number of carbonyl (C=O) groups is 1. The van der Waals surface area contributed by atoms with Crippen molar-refractivity contribution >= 4 is 38.4 Å². The van der Waals surface area contributed by atoms with E-state index in [0.29, 0.717) is 5.17 Å². The first-order valence-corrected chi connectivity index (χ1v) is 10.0. The van der Waals surface area contributed by atoms with E-state index in [1.165, 1.54) is 17.8 Å². The van der Waals surface area contributed by atoms with Crippen molar-refractivity contribution in [3.05, 3.63) is 30.1 Å². The van der Waals surface area contributed by atoms with E-state index in [4.69, 9.17) is 0 Å². The third-order valence-corrected chi connectivity index (χ3v) is 7.09. The van der Waals surface area contributed by atoms with Crippen molar-refractivity contribution in [2.45, 2.75) is 25.1 Å². The van der Waals surface area contributed by atoms with Crippen LogP contribution in [-0.4, -0.2) is 42.3 Å². The highest BCUT2D eigenvalue weighted by molar-refractivity contribution is 8.16. The molecule has 0 aromatic heterocycles. The molecular formula is C15H17FN2O3S2. The minimum Gasteiger partial charge on any atom is -0.313 e. The first kappa shape index (κ1) is 16.4. The summed E-state index contributed by atoms with van der Waals surface area (Å²) in [6, 6.07) is 5.76. The molecular weight excluding hydrogens is 339 g/mol. The third kappa shape index (κ3) is 3.14. The molecule has 0 radical (unpaired) electrons. The number of para-hydroxylation sites is 1. The van der Waals surface area contributed by atoms with Gasteiger partial charge in [0.25, 0.3) is 5.91 Å². The molecule has 124 valence electrons. The SMILES string of the molecule is CC(C)C(=O)N=C1S[C@@H]2CS(=O)(=O)C[C@@H]2N1c1ccccc1F. The van der Waals surface area contributed by atoms with E-state index in [-0.39, 0.29) is 40.3 Å². The van der Waals surface area contributed by atoms with E-state index >= 15 is 0 Å². The fourth-order valence-corrected chi connectivity index (χ4v) is 6.63. The minimum atomic E-state index is -3.15. The van der Waals surface area contributed by atoms with Crippen LogP contribution in [0.15, 0.2) is 29.3 Å². The lowest BCUT2D eigenvalue weighted by Crippen LogP contribution is -2.38. The van der Waals surface area contributed by atoms with E-state index < -0.39 is 15.7 Å². The van der Waals surface area contributed by atoms with E-state index in [0.717, 1.165) is 0 Å². The van der Waals surface area contributed by atoms with E-state index in [1.807, 2.05) is 0 Å². The molecule has 3 rings (SSSR count). The van der Waals surface area contributed by atoms with Crippen LogP contribution in [0.2, 0.25) is 0 Å². The number of amides is 1. The molecule has 2 atom stereocenters. The maximum atomic E-state index is 14.2. The fourth-order valence-electron chi connectivity index (χ4n) is 2.72. The van der Waals surface area contributed by atoms with Gasteiger partial charge >= 0.3 is 0 Å². The van der Waals surface area contributed by atoms with Crippen molar-refractivity contribution < 1.29 is 17.6 Å². The van der Waals surface area contributed by atoms with Crippen molar-refractivity contribution in [3.63, 3.8) is 0 Å². The molecule has 1 aromatic carbocycles. The lowest BCUT2D eigenvalue weighted by molar-refractivity contribution is -0.120. The molecule has 1 amide bonds. The molecule has 2 aliphatic heterocycles. The second-order valence-electron chi connectivity index (χ2n) is 6.01. The predicted molar refractivity (Wildman–Crippen MR) is 90.0 cm³/mol. The highest BCUT2D eigenvalue weighted by atomic mass is 32.2. The minimum absolute atomic E-state index is 0.0299. The van der Waals surface area contributed by atoms with Crippen LogP contribution < -0.4 is 4.90 Å². The molecule has 0 N–H and O–H groups in total.